The number of rotatable bonds is 5. The van der Waals surface area contributed by atoms with Crippen LogP contribution in [0.15, 0.2) is 65.7 Å². The van der Waals surface area contributed by atoms with Crippen LogP contribution in [0.2, 0.25) is 0 Å². The molecule has 1 aliphatic heterocycles. The molecule has 8 nitrogen and oxygen atoms in total. The summed E-state index contributed by atoms with van der Waals surface area (Å²) in [5.74, 6) is -0.0872. The fourth-order valence-electron chi connectivity index (χ4n) is 3.84. The van der Waals surface area contributed by atoms with Gasteiger partial charge < -0.3 is 9.80 Å². The van der Waals surface area contributed by atoms with Crippen molar-refractivity contribution in [3.63, 3.8) is 0 Å². The van der Waals surface area contributed by atoms with Gasteiger partial charge in [0.25, 0.3) is 5.56 Å². The molecule has 0 bridgehead atoms. The zero-order chi connectivity index (χ0) is 22.7. The lowest BCUT2D eigenvalue weighted by Gasteiger charge is -2.37. The fourth-order valence-corrected chi connectivity index (χ4v) is 3.84. The highest BCUT2D eigenvalue weighted by atomic mass is 16.2. The number of nitrogens with zero attached hydrogens (tertiary/aromatic N) is 5. The van der Waals surface area contributed by atoms with Gasteiger partial charge in [-0.25, -0.2) is 4.68 Å². The molecule has 1 aromatic carbocycles. The van der Waals surface area contributed by atoms with E-state index in [1.54, 1.807) is 37.2 Å². The van der Waals surface area contributed by atoms with Crippen molar-refractivity contribution in [1.29, 1.82) is 0 Å². The van der Waals surface area contributed by atoms with Crippen LogP contribution in [-0.2, 0) is 4.79 Å². The van der Waals surface area contributed by atoms with E-state index >= 15 is 0 Å². The summed E-state index contributed by atoms with van der Waals surface area (Å²) in [6.45, 7) is 5.72. The number of amides is 1. The first-order chi connectivity index (χ1) is 15.4. The molecule has 2 aromatic heterocycles. The summed E-state index contributed by atoms with van der Waals surface area (Å²) >= 11 is 0. The first kappa shape index (κ1) is 21.4. The van der Waals surface area contributed by atoms with Crippen LogP contribution in [0, 0.1) is 0 Å². The number of aromatic nitrogens is 3. The Balaban J connectivity index is 1.44. The average Bonchev–Trinajstić information content (AvgIpc) is 2.84. The summed E-state index contributed by atoms with van der Waals surface area (Å²) in [6.07, 6.45) is 3.32. The molecule has 32 heavy (non-hydrogen) atoms. The number of carbonyl (C=O) groups is 2. The van der Waals surface area contributed by atoms with Crippen LogP contribution in [-0.4, -0.2) is 57.5 Å². The predicted molar refractivity (Wildman–Crippen MR) is 122 cm³/mol. The third-order valence-electron chi connectivity index (χ3n) is 5.76. The Labute approximate surface area is 186 Å². The maximum atomic E-state index is 13.1. The van der Waals surface area contributed by atoms with Crippen LogP contribution in [0.1, 0.15) is 30.2 Å². The van der Waals surface area contributed by atoms with E-state index in [1.165, 1.54) is 10.7 Å². The Kier molecular flexibility index (Phi) is 6.11. The minimum atomic E-state index is -0.703. The van der Waals surface area contributed by atoms with E-state index in [-0.39, 0.29) is 17.2 Å². The molecule has 164 valence electrons. The van der Waals surface area contributed by atoms with Crippen LogP contribution in [0.25, 0.3) is 11.3 Å². The first-order valence-electron chi connectivity index (χ1n) is 10.6. The summed E-state index contributed by atoms with van der Waals surface area (Å²) in [5, 5.41) is 4.43. The number of pyridine rings is 1. The van der Waals surface area contributed by atoms with E-state index in [9.17, 15) is 14.4 Å². The van der Waals surface area contributed by atoms with Gasteiger partial charge in [-0.3, -0.25) is 19.4 Å². The van der Waals surface area contributed by atoms with Crippen molar-refractivity contribution < 1.29 is 9.59 Å². The van der Waals surface area contributed by atoms with Gasteiger partial charge in [-0.15, -0.1) is 0 Å². The van der Waals surface area contributed by atoms with Crippen molar-refractivity contribution >= 4 is 17.4 Å². The molecule has 3 aromatic rings. The maximum absolute atomic E-state index is 13.1. The quantitative estimate of drug-likeness (QED) is 0.577. The number of piperazine rings is 1. The Bertz CT molecular complexity index is 1170. The summed E-state index contributed by atoms with van der Waals surface area (Å²) in [5.41, 5.74) is 2.84. The number of benzene rings is 1. The number of Topliss-reactive ketones (excluding diaryl/α,β-unsaturated/α-hetero) is 1. The lowest BCUT2D eigenvalue weighted by molar-refractivity contribution is -0.135. The lowest BCUT2D eigenvalue weighted by atomic mass is 10.1. The second-order valence-corrected chi connectivity index (χ2v) is 7.83. The highest BCUT2D eigenvalue weighted by molar-refractivity contribution is 5.94. The van der Waals surface area contributed by atoms with E-state index < -0.39 is 6.04 Å². The van der Waals surface area contributed by atoms with Crippen molar-refractivity contribution in [3.05, 3.63) is 76.8 Å². The van der Waals surface area contributed by atoms with Crippen LogP contribution >= 0.6 is 0 Å². The van der Waals surface area contributed by atoms with Crippen molar-refractivity contribution in [3.8, 4) is 11.3 Å². The summed E-state index contributed by atoms with van der Waals surface area (Å²) < 4.78 is 1.25. The molecule has 1 amide bonds. The smallest absolute Gasteiger partial charge is 0.267 e. The molecule has 1 aliphatic rings. The summed E-state index contributed by atoms with van der Waals surface area (Å²) in [6, 6.07) is 13.5. The largest absolute Gasteiger partial charge is 0.368 e. The zero-order valence-corrected chi connectivity index (χ0v) is 18.1. The number of ketones is 1. The summed E-state index contributed by atoms with van der Waals surface area (Å²) in [4.78, 5) is 45.0. The van der Waals surface area contributed by atoms with Gasteiger partial charge >= 0.3 is 0 Å². The van der Waals surface area contributed by atoms with E-state index in [0.29, 0.717) is 37.4 Å². The van der Waals surface area contributed by atoms with E-state index in [4.69, 9.17) is 0 Å². The standard InChI is InChI=1S/C24H25N5O3/c1-17(29-23(31)8-7-22(26-29)20-9-11-25-12-10-20)24(32)28-15-13-27(14-16-28)21-5-3-19(4-6-21)18(2)30/h3-12,17H,13-16H2,1-2H3. The molecule has 8 heteroatoms. The van der Waals surface area contributed by atoms with Crippen molar-refractivity contribution in [1.82, 2.24) is 19.7 Å². The molecule has 0 spiro atoms. The normalized spacial score (nSPS) is 14.8. The second-order valence-electron chi connectivity index (χ2n) is 7.83. The Morgan fingerprint density at radius 2 is 1.56 bits per heavy atom. The molecule has 0 radical (unpaired) electrons. The highest BCUT2D eigenvalue weighted by Gasteiger charge is 2.27. The first-order valence-corrected chi connectivity index (χ1v) is 10.6. The third kappa shape index (κ3) is 4.44. The molecule has 0 saturated carbocycles. The second kappa shape index (κ2) is 9.13. The Morgan fingerprint density at radius 1 is 0.906 bits per heavy atom. The van der Waals surface area contributed by atoms with Gasteiger partial charge in [-0.05, 0) is 56.3 Å². The Morgan fingerprint density at radius 3 is 2.19 bits per heavy atom. The minimum absolute atomic E-state index is 0.0396. The number of hydrogen-bond acceptors (Lipinski definition) is 6. The SMILES string of the molecule is CC(=O)c1ccc(N2CCN(C(=O)C(C)n3nc(-c4ccncc4)ccc3=O)CC2)cc1. The van der Waals surface area contributed by atoms with Gasteiger partial charge in [0.15, 0.2) is 5.78 Å². The topological polar surface area (TPSA) is 88.4 Å². The Hall–Kier alpha value is -3.81. The van der Waals surface area contributed by atoms with Gasteiger partial charge in [0.1, 0.15) is 6.04 Å². The van der Waals surface area contributed by atoms with Crippen LogP contribution in [0.5, 0.6) is 0 Å². The molecule has 4 rings (SSSR count). The molecule has 1 saturated heterocycles. The van der Waals surface area contributed by atoms with Gasteiger partial charge in [-0.1, -0.05) is 0 Å². The van der Waals surface area contributed by atoms with Gasteiger partial charge in [0.05, 0.1) is 5.69 Å². The van der Waals surface area contributed by atoms with E-state index in [0.717, 1.165) is 11.3 Å². The molecule has 1 unspecified atom stereocenters. The van der Waals surface area contributed by atoms with Crippen molar-refractivity contribution in [2.24, 2.45) is 0 Å². The van der Waals surface area contributed by atoms with E-state index in [2.05, 4.69) is 15.0 Å². The molecule has 3 heterocycles. The zero-order valence-electron chi connectivity index (χ0n) is 18.1. The molecule has 1 fully saturated rings. The van der Waals surface area contributed by atoms with Crippen LogP contribution < -0.4 is 10.5 Å². The maximum Gasteiger partial charge on any atom is 0.267 e. The third-order valence-corrected chi connectivity index (χ3v) is 5.76. The highest BCUT2D eigenvalue weighted by Crippen LogP contribution is 2.20. The van der Waals surface area contributed by atoms with Gasteiger partial charge in [0, 0.05) is 61.5 Å². The number of carbonyl (C=O) groups excluding carboxylic acids is 2. The monoisotopic (exact) mass is 431 g/mol. The average molecular weight is 431 g/mol. The predicted octanol–water partition coefficient (Wildman–Crippen LogP) is 2.42. The molecule has 1 atom stereocenters. The van der Waals surface area contributed by atoms with Gasteiger partial charge in [-0.2, -0.15) is 5.10 Å². The number of anilines is 1. The van der Waals surface area contributed by atoms with Crippen molar-refractivity contribution in [2.45, 2.75) is 19.9 Å². The molecular weight excluding hydrogens is 406 g/mol. The van der Waals surface area contributed by atoms with Crippen molar-refractivity contribution in [2.75, 3.05) is 31.1 Å². The fraction of sp³-hybridized carbons (Fsp3) is 0.292. The van der Waals surface area contributed by atoms with E-state index in [1.807, 2.05) is 36.4 Å². The lowest BCUT2D eigenvalue weighted by Crippen LogP contribution is -2.51. The number of hydrogen-bond donors (Lipinski definition) is 0. The summed E-state index contributed by atoms with van der Waals surface area (Å²) in [7, 11) is 0. The molecular formula is C24H25N5O3. The minimum Gasteiger partial charge on any atom is -0.368 e. The van der Waals surface area contributed by atoms with Crippen LogP contribution in [0.3, 0.4) is 0 Å². The van der Waals surface area contributed by atoms with Crippen LogP contribution in [0.4, 0.5) is 5.69 Å². The van der Waals surface area contributed by atoms with Gasteiger partial charge in [0.2, 0.25) is 5.91 Å². The molecule has 0 aliphatic carbocycles. The molecule has 0 N–H and O–H groups in total.